The average Bonchev–Trinajstić information content (AvgIpc) is 2.71. The highest BCUT2D eigenvalue weighted by atomic mass is 32.2. The third-order valence-corrected chi connectivity index (χ3v) is 5.40. The number of ether oxygens (including phenoxy) is 2. The number of fused-ring (bicyclic) bond motifs is 1. The molecule has 1 N–H and O–H groups in total. The van der Waals surface area contributed by atoms with E-state index in [1.165, 1.54) is 6.07 Å². The lowest BCUT2D eigenvalue weighted by molar-refractivity contribution is 0.331. The summed E-state index contributed by atoms with van der Waals surface area (Å²) in [6.07, 6.45) is 0. The predicted molar refractivity (Wildman–Crippen MR) is 110 cm³/mol. The fraction of sp³-hybridized carbons (Fsp3) is 0.182. The van der Waals surface area contributed by atoms with E-state index < -0.39 is 10.0 Å². The van der Waals surface area contributed by atoms with Crippen LogP contribution in [-0.2, 0) is 10.0 Å². The first kappa shape index (κ1) is 19.7. The highest BCUT2D eigenvalue weighted by molar-refractivity contribution is 7.89. The molecule has 0 fully saturated rings. The van der Waals surface area contributed by atoms with Gasteiger partial charge in [0.05, 0.1) is 13.2 Å². The number of sulfonamides is 1. The summed E-state index contributed by atoms with van der Waals surface area (Å²) >= 11 is 0. The quantitative estimate of drug-likeness (QED) is 0.621. The molecular weight excluding hydrogens is 374 g/mol. The monoisotopic (exact) mass is 395 g/mol. The van der Waals surface area contributed by atoms with E-state index in [1.807, 2.05) is 42.5 Å². The minimum atomic E-state index is -3.70. The molecule has 0 aromatic heterocycles. The molecule has 0 spiro atoms. The lowest BCUT2D eigenvalue weighted by Crippen LogP contribution is -2.24. The van der Waals surface area contributed by atoms with E-state index >= 15 is 0 Å². The zero-order valence-electron chi connectivity index (χ0n) is 15.5. The van der Waals surface area contributed by atoms with E-state index in [9.17, 15) is 8.42 Å². The Bertz CT molecular complexity index is 1110. The maximum Gasteiger partial charge on any atom is 0.245 e. The first-order valence-corrected chi connectivity index (χ1v) is 10.4. The molecule has 0 aliphatic carbocycles. The number of hydrogen-bond donors (Lipinski definition) is 1. The zero-order valence-corrected chi connectivity index (χ0v) is 16.3. The van der Waals surface area contributed by atoms with Crippen molar-refractivity contribution in [3.05, 3.63) is 66.7 Å². The van der Waals surface area contributed by atoms with Crippen LogP contribution in [-0.4, -0.2) is 28.2 Å². The molecule has 6 heteroatoms. The molecule has 0 saturated carbocycles. The van der Waals surface area contributed by atoms with Gasteiger partial charge in [-0.05, 0) is 30.5 Å². The first-order valence-electron chi connectivity index (χ1n) is 8.89. The number of nitrogens with one attached hydrogen (secondary N) is 1. The fourth-order valence-electron chi connectivity index (χ4n) is 2.70. The molecule has 0 radical (unpaired) electrons. The van der Waals surface area contributed by atoms with Gasteiger partial charge in [0.15, 0.2) is 0 Å². The van der Waals surface area contributed by atoms with Crippen molar-refractivity contribution in [2.45, 2.75) is 11.8 Å². The second kappa shape index (κ2) is 9.27. The summed E-state index contributed by atoms with van der Waals surface area (Å²) in [5, 5.41) is 2.11. The van der Waals surface area contributed by atoms with Crippen molar-refractivity contribution in [2.24, 2.45) is 0 Å². The molecule has 0 aliphatic rings. The second-order valence-corrected chi connectivity index (χ2v) is 7.56. The highest BCUT2D eigenvalue weighted by Gasteiger charge is 2.18. The highest BCUT2D eigenvalue weighted by Crippen LogP contribution is 2.25. The Hall–Kier alpha value is -3.01. The van der Waals surface area contributed by atoms with Crippen molar-refractivity contribution in [3.8, 4) is 23.3 Å². The van der Waals surface area contributed by atoms with Crippen molar-refractivity contribution in [1.82, 2.24) is 4.72 Å². The summed E-state index contributed by atoms with van der Waals surface area (Å²) in [5.74, 6) is 6.68. The zero-order chi connectivity index (χ0) is 19.8. The van der Waals surface area contributed by atoms with E-state index in [4.69, 9.17) is 9.47 Å². The molecule has 0 atom stereocenters. The van der Waals surface area contributed by atoms with Gasteiger partial charge in [-0.1, -0.05) is 60.4 Å². The predicted octanol–water partition coefficient (Wildman–Crippen LogP) is 3.60. The lowest BCUT2D eigenvalue weighted by atomic mass is 10.1. The number of para-hydroxylation sites is 1. The summed E-state index contributed by atoms with van der Waals surface area (Å²) in [4.78, 5) is 0.102. The van der Waals surface area contributed by atoms with E-state index in [-0.39, 0.29) is 18.0 Å². The molecule has 3 rings (SSSR count). The molecule has 0 unspecified atom stereocenters. The van der Waals surface area contributed by atoms with Crippen LogP contribution in [0.3, 0.4) is 0 Å². The van der Waals surface area contributed by atoms with Gasteiger partial charge in [-0.25, -0.2) is 8.42 Å². The molecule has 3 aromatic rings. The van der Waals surface area contributed by atoms with E-state index in [0.29, 0.717) is 12.4 Å². The SMILES string of the molecule is CCOc1ccccc1S(=O)(=O)NCC#CCOc1cccc2ccccc12. The molecule has 28 heavy (non-hydrogen) atoms. The van der Waals surface area contributed by atoms with Gasteiger partial charge >= 0.3 is 0 Å². The Morgan fingerprint density at radius 3 is 2.43 bits per heavy atom. The normalized spacial score (nSPS) is 10.9. The van der Waals surface area contributed by atoms with Gasteiger partial charge in [-0.2, -0.15) is 4.72 Å². The van der Waals surface area contributed by atoms with Crippen molar-refractivity contribution in [3.63, 3.8) is 0 Å². The number of rotatable bonds is 7. The summed E-state index contributed by atoms with van der Waals surface area (Å²) < 4.78 is 38.4. The van der Waals surface area contributed by atoms with Crippen molar-refractivity contribution < 1.29 is 17.9 Å². The fourth-order valence-corrected chi connectivity index (χ4v) is 3.77. The van der Waals surface area contributed by atoms with E-state index in [0.717, 1.165) is 16.5 Å². The maximum absolute atomic E-state index is 12.4. The van der Waals surface area contributed by atoms with Crippen LogP contribution in [0.4, 0.5) is 0 Å². The summed E-state index contributed by atoms with van der Waals surface area (Å²) in [6.45, 7) is 2.35. The topological polar surface area (TPSA) is 64.6 Å². The average molecular weight is 395 g/mol. The Morgan fingerprint density at radius 2 is 1.57 bits per heavy atom. The largest absolute Gasteiger partial charge is 0.492 e. The summed E-state index contributed by atoms with van der Waals surface area (Å²) in [5.41, 5.74) is 0. The Morgan fingerprint density at radius 1 is 0.857 bits per heavy atom. The molecule has 144 valence electrons. The number of benzene rings is 3. The molecule has 0 amide bonds. The molecule has 0 aliphatic heterocycles. The third kappa shape index (κ3) is 4.83. The van der Waals surface area contributed by atoms with Crippen LogP contribution in [0.1, 0.15) is 6.92 Å². The van der Waals surface area contributed by atoms with Crippen LogP contribution in [0.15, 0.2) is 71.6 Å². The van der Waals surface area contributed by atoms with Crippen molar-refractivity contribution >= 4 is 20.8 Å². The van der Waals surface area contributed by atoms with Crippen LogP contribution in [0.5, 0.6) is 11.5 Å². The smallest absolute Gasteiger partial charge is 0.245 e. The van der Waals surface area contributed by atoms with Gasteiger partial charge in [0, 0.05) is 5.39 Å². The molecule has 5 nitrogen and oxygen atoms in total. The van der Waals surface area contributed by atoms with Crippen LogP contribution < -0.4 is 14.2 Å². The molecule has 0 saturated heterocycles. The van der Waals surface area contributed by atoms with Crippen LogP contribution >= 0.6 is 0 Å². The van der Waals surface area contributed by atoms with Crippen LogP contribution in [0, 0.1) is 11.8 Å². The van der Waals surface area contributed by atoms with E-state index in [2.05, 4.69) is 16.6 Å². The minimum absolute atomic E-state index is 0.0122. The van der Waals surface area contributed by atoms with Gasteiger partial charge in [0.25, 0.3) is 0 Å². The maximum atomic E-state index is 12.4. The summed E-state index contributed by atoms with van der Waals surface area (Å²) in [6, 6.07) is 20.3. The molecular formula is C22H21NO4S. The van der Waals surface area contributed by atoms with Gasteiger partial charge in [0.2, 0.25) is 10.0 Å². The van der Waals surface area contributed by atoms with Gasteiger partial charge in [-0.15, -0.1) is 0 Å². The molecule has 0 heterocycles. The van der Waals surface area contributed by atoms with Crippen molar-refractivity contribution in [2.75, 3.05) is 19.8 Å². The molecule has 3 aromatic carbocycles. The van der Waals surface area contributed by atoms with Crippen LogP contribution in [0.2, 0.25) is 0 Å². The van der Waals surface area contributed by atoms with Gasteiger partial charge < -0.3 is 9.47 Å². The number of hydrogen-bond acceptors (Lipinski definition) is 4. The van der Waals surface area contributed by atoms with Gasteiger partial charge in [-0.3, -0.25) is 0 Å². The Balaban J connectivity index is 1.58. The standard InChI is InChI=1S/C22H21NO4S/c1-2-26-21-13-5-6-15-22(21)28(24,25)23-16-7-8-17-27-20-14-9-11-18-10-3-4-12-19(18)20/h3-6,9-15,23H,2,16-17H2,1H3. The third-order valence-electron chi connectivity index (χ3n) is 3.96. The summed E-state index contributed by atoms with van der Waals surface area (Å²) in [7, 11) is -3.70. The lowest BCUT2D eigenvalue weighted by Gasteiger charge is -2.10. The Kier molecular flexibility index (Phi) is 6.53. The van der Waals surface area contributed by atoms with Crippen molar-refractivity contribution in [1.29, 1.82) is 0 Å². The van der Waals surface area contributed by atoms with E-state index in [1.54, 1.807) is 25.1 Å². The van der Waals surface area contributed by atoms with Gasteiger partial charge in [0.1, 0.15) is 23.0 Å². The molecule has 0 bridgehead atoms. The minimum Gasteiger partial charge on any atom is -0.492 e. The van der Waals surface area contributed by atoms with Crippen LogP contribution in [0.25, 0.3) is 10.8 Å². The first-order chi connectivity index (χ1) is 13.6. The second-order valence-electron chi connectivity index (χ2n) is 5.82. The Labute approximate surface area is 165 Å².